The molecular weight excluding hydrogens is 220 g/mol. The van der Waals surface area contributed by atoms with Crippen LogP contribution >= 0.6 is 0 Å². The first-order valence-electron chi connectivity index (χ1n) is 3.59. The van der Waals surface area contributed by atoms with Crippen molar-refractivity contribution in [3.05, 3.63) is 29.3 Å². The van der Waals surface area contributed by atoms with Crippen LogP contribution in [-0.4, -0.2) is 17.7 Å². The van der Waals surface area contributed by atoms with Gasteiger partial charge in [0.25, 0.3) is 0 Å². The molecule has 15 heavy (non-hydrogen) atoms. The Morgan fingerprint density at radius 1 is 1.27 bits per heavy atom. The molecule has 0 saturated heterocycles. The summed E-state index contributed by atoms with van der Waals surface area (Å²) >= 11 is 0. The smallest absolute Gasteiger partial charge is 0.387 e. The molecule has 0 fully saturated rings. The topological polar surface area (TPSA) is 46.5 Å². The summed E-state index contributed by atoms with van der Waals surface area (Å²) < 4.78 is 52.9. The molecule has 0 spiro atoms. The summed E-state index contributed by atoms with van der Waals surface area (Å²) in [6.07, 6.45) is 0. The van der Waals surface area contributed by atoms with Crippen molar-refractivity contribution in [2.75, 3.05) is 0 Å². The van der Waals surface area contributed by atoms with Gasteiger partial charge in [-0.3, -0.25) is 0 Å². The van der Waals surface area contributed by atoms with E-state index in [-0.39, 0.29) is 0 Å². The molecule has 3 nitrogen and oxygen atoms in total. The maximum Gasteiger partial charge on any atom is 0.387 e. The SMILES string of the molecule is O=C(O)c1c(F)ccc(F)c1OC(F)F. The second-order valence-corrected chi connectivity index (χ2v) is 2.42. The summed E-state index contributed by atoms with van der Waals surface area (Å²) in [4.78, 5) is 10.4. The van der Waals surface area contributed by atoms with E-state index in [0.29, 0.717) is 12.1 Å². The van der Waals surface area contributed by atoms with Crippen LogP contribution in [0.5, 0.6) is 5.75 Å². The van der Waals surface area contributed by atoms with Gasteiger partial charge in [0, 0.05) is 0 Å². The average Bonchev–Trinajstić information content (AvgIpc) is 2.10. The number of hydrogen-bond donors (Lipinski definition) is 1. The molecule has 0 aliphatic carbocycles. The van der Waals surface area contributed by atoms with E-state index in [2.05, 4.69) is 4.74 Å². The van der Waals surface area contributed by atoms with Gasteiger partial charge in [-0.05, 0) is 12.1 Å². The Balaban J connectivity index is 3.31. The number of hydrogen-bond acceptors (Lipinski definition) is 2. The van der Waals surface area contributed by atoms with Gasteiger partial charge in [-0.1, -0.05) is 0 Å². The zero-order valence-electron chi connectivity index (χ0n) is 7.01. The quantitative estimate of drug-likeness (QED) is 0.801. The third kappa shape index (κ3) is 2.36. The monoisotopic (exact) mass is 224 g/mol. The van der Waals surface area contributed by atoms with Gasteiger partial charge < -0.3 is 9.84 Å². The second kappa shape index (κ2) is 4.16. The van der Waals surface area contributed by atoms with Crippen molar-refractivity contribution in [1.82, 2.24) is 0 Å². The number of benzene rings is 1. The van der Waals surface area contributed by atoms with E-state index in [1.165, 1.54) is 0 Å². The van der Waals surface area contributed by atoms with Crippen LogP contribution in [0.15, 0.2) is 12.1 Å². The van der Waals surface area contributed by atoms with Crippen LogP contribution in [0, 0.1) is 11.6 Å². The number of carboxylic acids is 1. The number of alkyl halides is 2. The maximum absolute atomic E-state index is 12.9. The van der Waals surface area contributed by atoms with E-state index in [4.69, 9.17) is 5.11 Å². The molecule has 0 bridgehead atoms. The lowest BCUT2D eigenvalue weighted by Gasteiger charge is -2.09. The predicted molar refractivity (Wildman–Crippen MR) is 39.9 cm³/mol. The van der Waals surface area contributed by atoms with Gasteiger partial charge in [0.1, 0.15) is 11.4 Å². The Kier molecular flexibility index (Phi) is 3.13. The Labute approximate surface area is 80.9 Å². The van der Waals surface area contributed by atoms with Gasteiger partial charge in [-0.2, -0.15) is 8.78 Å². The van der Waals surface area contributed by atoms with Crippen LogP contribution < -0.4 is 4.74 Å². The van der Waals surface area contributed by atoms with Crippen molar-refractivity contribution >= 4 is 5.97 Å². The van der Waals surface area contributed by atoms with Gasteiger partial charge in [0.05, 0.1) is 0 Å². The first kappa shape index (κ1) is 11.3. The van der Waals surface area contributed by atoms with Gasteiger partial charge >= 0.3 is 12.6 Å². The molecule has 0 heterocycles. The highest BCUT2D eigenvalue weighted by Gasteiger charge is 2.23. The molecule has 1 aromatic rings. The molecule has 0 amide bonds. The normalized spacial score (nSPS) is 10.5. The van der Waals surface area contributed by atoms with E-state index in [0.717, 1.165) is 0 Å². The number of aromatic carboxylic acids is 1. The lowest BCUT2D eigenvalue weighted by molar-refractivity contribution is -0.0529. The molecule has 0 unspecified atom stereocenters. The Hall–Kier alpha value is -1.79. The summed E-state index contributed by atoms with van der Waals surface area (Å²) in [5.74, 6) is -5.91. The van der Waals surface area contributed by atoms with E-state index in [1.54, 1.807) is 0 Å². The minimum absolute atomic E-state index is 0.499. The van der Waals surface area contributed by atoms with E-state index >= 15 is 0 Å². The van der Waals surface area contributed by atoms with E-state index in [1.807, 2.05) is 0 Å². The lowest BCUT2D eigenvalue weighted by atomic mass is 10.2. The van der Waals surface area contributed by atoms with Crippen molar-refractivity contribution in [3.8, 4) is 5.75 Å². The number of ether oxygens (including phenoxy) is 1. The zero-order valence-corrected chi connectivity index (χ0v) is 7.01. The van der Waals surface area contributed by atoms with Crippen LogP contribution in [0.2, 0.25) is 0 Å². The zero-order chi connectivity index (χ0) is 11.6. The van der Waals surface area contributed by atoms with Gasteiger partial charge in [0.2, 0.25) is 0 Å². The van der Waals surface area contributed by atoms with Gasteiger partial charge in [-0.15, -0.1) is 0 Å². The summed E-state index contributed by atoms with van der Waals surface area (Å²) in [5, 5.41) is 8.45. The fourth-order valence-electron chi connectivity index (χ4n) is 0.937. The Morgan fingerprint density at radius 3 is 2.27 bits per heavy atom. The van der Waals surface area contributed by atoms with Crippen LogP contribution in [0.3, 0.4) is 0 Å². The van der Waals surface area contributed by atoms with E-state index < -0.39 is 35.5 Å². The minimum Gasteiger partial charge on any atom is -0.477 e. The van der Waals surface area contributed by atoms with Crippen molar-refractivity contribution < 1.29 is 32.2 Å². The highest BCUT2D eigenvalue weighted by Crippen LogP contribution is 2.26. The van der Waals surface area contributed by atoms with Crippen LogP contribution in [-0.2, 0) is 0 Å². The molecule has 0 aliphatic rings. The predicted octanol–water partition coefficient (Wildman–Crippen LogP) is 2.26. The summed E-state index contributed by atoms with van der Waals surface area (Å²) in [5.41, 5.74) is -1.25. The highest BCUT2D eigenvalue weighted by atomic mass is 19.3. The first-order valence-corrected chi connectivity index (χ1v) is 3.59. The van der Waals surface area contributed by atoms with Crippen molar-refractivity contribution in [1.29, 1.82) is 0 Å². The molecule has 7 heteroatoms. The average molecular weight is 224 g/mol. The molecule has 0 saturated carbocycles. The number of halogens is 4. The number of carboxylic acid groups (broad SMARTS) is 1. The largest absolute Gasteiger partial charge is 0.477 e. The maximum atomic E-state index is 12.9. The third-order valence-electron chi connectivity index (χ3n) is 1.48. The summed E-state index contributed by atoms with van der Waals surface area (Å²) in [6, 6.07) is 1.01. The summed E-state index contributed by atoms with van der Waals surface area (Å²) in [7, 11) is 0. The molecular formula is C8H4F4O3. The Bertz CT molecular complexity index is 392. The molecule has 0 aromatic heterocycles. The minimum atomic E-state index is -3.43. The molecule has 0 atom stereocenters. The molecule has 82 valence electrons. The lowest BCUT2D eigenvalue weighted by Crippen LogP contribution is -2.11. The van der Waals surface area contributed by atoms with Crippen molar-refractivity contribution in [2.45, 2.75) is 6.61 Å². The van der Waals surface area contributed by atoms with Gasteiger partial charge in [0.15, 0.2) is 11.6 Å². The fraction of sp³-hybridized carbons (Fsp3) is 0.125. The molecule has 1 aromatic carbocycles. The van der Waals surface area contributed by atoms with Crippen LogP contribution in [0.4, 0.5) is 17.6 Å². The van der Waals surface area contributed by atoms with Crippen LogP contribution in [0.25, 0.3) is 0 Å². The summed E-state index contributed by atoms with van der Waals surface area (Å²) in [6.45, 7) is -3.43. The first-order chi connectivity index (χ1) is 6.93. The van der Waals surface area contributed by atoms with Crippen molar-refractivity contribution in [2.24, 2.45) is 0 Å². The molecule has 0 aliphatic heterocycles. The van der Waals surface area contributed by atoms with E-state index in [9.17, 15) is 22.4 Å². The highest BCUT2D eigenvalue weighted by molar-refractivity contribution is 5.91. The standard InChI is InChI=1S/C8H4F4O3/c9-3-1-2-4(10)6(15-8(11)12)5(3)7(13)14/h1-2,8H,(H,13,14). The molecule has 0 radical (unpaired) electrons. The third-order valence-corrected chi connectivity index (χ3v) is 1.48. The molecule has 1 N–H and O–H groups in total. The number of rotatable bonds is 3. The number of carbonyl (C=O) groups is 1. The van der Waals surface area contributed by atoms with Crippen LogP contribution in [0.1, 0.15) is 10.4 Å². The molecule has 1 rings (SSSR count). The Morgan fingerprint density at radius 2 is 1.80 bits per heavy atom. The second-order valence-electron chi connectivity index (χ2n) is 2.42. The van der Waals surface area contributed by atoms with Gasteiger partial charge in [-0.25, -0.2) is 13.6 Å². The van der Waals surface area contributed by atoms with Crippen molar-refractivity contribution in [3.63, 3.8) is 0 Å². The fourth-order valence-corrected chi connectivity index (χ4v) is 0.937.